The van der Waals surface area contributed by atoms with Gasteiger partial charge in [0.15, 0.2) is 0 Å². The van der Waals surface area contributed by atoms with Crippen LogP contribution in [-0.2, 0) is 0 Å². The van der Waals surface area contributed by atoms with Crippen LogP contribution in [-0.4, -0.2) is 104 Å². The van der Waals surface area contributed by atoms with Crippen LogP contribution >= 0.6 is 0 Å². The SMILES string of the molecule is N#CCN(CC#N)CCN(CCN)CCN1CCN(CCN)C1=O. The quantitative estimate of drug-likeness (QED) is 0.406. The monoisotopic (exact) mass is 336 g/mol. The van der Waals surface area contributed by atoms with Crippen LogP contribution in [0.1, 0.15) is 0 Å². The highest BCUT2D eigenvalue weighted by Crippen LogP contribution is 2.07. The molecule has 0 aromatic carbocycles. The van der Waals surface area contributed by atoms with Gasteiger partial charge in [-0.2, -0.15) is 10.5 Å². The van der Waals surface area contributed by atoms with Gasteiger partial charge in [-0.1, -0.05) is 0 Å². The second-order valence-corrected chi connectivity index (χ2v) is 5.70. The van der Waals surface area contributed by atoms with Crippen molar-refractivity contribution in [3.63, 3.8) is 0 Å². The lowest BCUT2D eigenvalue weighted by atomic mass is 10.4. The molecule has 0 bridgehead atoms. The largest absolute Gasteiger partial charge is 0.329 e. The Morgan fingerprint density at radius 2 is 1.46 bits per heavy atom. The van der Waals surface area contributed by atoms with Crippen molar-refractivity contribution >= 4 is 6.03 Å². The maximum atomic E-state index is 12.2. The number of nitrogens with zero attached hydrogens (tertiary/aromatic N) is 6. The molecule has 0 aromatic rings. The molecular formula is C15H28N8O. The van der Waals surface area contributed by atoms with Crippen LogP contribution in [0, 0.1) is 22.7 Å². The molecule has 1 heterocycles. The number of urea groups is 1. The summed E-state index contributed by atoms with van der Waals surface area (Å²) in [7, 11) is 0. The molecule has 0 aromatic heterocycles. The number of hydrogen-bond acceptors (Lipinski definition) is 7. The van der Waals surface area contributed by atoms with Crippen LogP contribution in [0.5, 0.6) is 0 Å². The lowest BCUT2D eigenvalue weighted by Crippen LogP contribution is -2.43. The van der Waals surface area contributed by atoms with E-state index >= 15 is 0 Å². The van der Waals surface area contributed by atoms with Crippen LogP contribution in [0.4, 0.5) is 4.79 Å². The molecule has 9 nitrogen and oxygen atoms in total. The van der Waals surface area contributed by atoms with Crippen LogP contribution in [0.3, 0.4) is 0 Å². The molecule has 9 heteroatoms. The molecule has 1 rings (SSSR count). The molecule has 1 aliphatic rings. The standard InChI is InChI=1S/C15H28N8O/c16-1-5-20(6-2-17)9-10-21(7-3-18)11-12-23-14-13-22(8-4-19)15(23)24/h3-14,18-19H2. The normalized spacial score (nSPS) is 14.5. The summed E-state index contributed by atoms with van der Waals surface area (Å²) >= 11 is 0. The van der Waals surface area contributed by atoms with Crippen LogP contribution < -0.4 is 11.5 Å². The molecule has 1 fully saturated rings. The second-order valence-electron chi connectivity index (χ2n) is 5.70. The summed E-state index contributed by atoms with van der Waals surface area (Å²) in [5.74, 6) is 0. The zero-order valence-corrected chi connectivity index (χ0v) is 14.2. The summed E-state index contributed by atoms with van der Waals surface area (Å²) in [5, 5.41) is 17.6. The zero-order chi connectivity index (χ0) is 17.8. The van der Waals surface area contributed by atoms with Gasteiger partial charge >= 0.3 is 6.03 Å². The van der Waals surface area contributed by atoms with Gasteiger partial charge in [0.1, 0.15) is 0 Å². The Morgan fingerprint density at radius 1 is 0.875 bits per heavy atom. The molecule has 4 N–H and O–H groups in total. The first-order chi connectivity index (χ1) is 11.7. The molecule has 0 unspecified atom stereocenters. The summed E-state index contributed by atoms with van der Waals surface area (Å²) < 4.78 is 0. The first-order valence-corrected chi connectivity index (χ1v) is 8.28. The number of nitrogens with two attached hydrogens (primary N) is 2. The highest BCUT2D eigenvalue weighted by atomic mass is 16.2. The van der Waals surface area contributed by atoms with Gasteiger partial charge in [-0.25, -0.2) is 4.79 Å². The van der Waals surface area contributed by atoms with E-state index in [4.69, 9.17) is 22.0 Å². The van der Waals surface area contributed by atoms with E-state index in [0.717, 1.165) is 32.7 Å². The summed E-state index contributed by atoms with van der Waals surface area (Å²) in [5.41, 5.74) is 11.2. The summed E-state index contributed by atoms with van der Waals surface area (Å²) in [4.78, 5) is 19.7. The Hall–Kier alpha value is -1.91. The van der Waals surface area contributed by atoms with E-state index in [0.29, 0.717) is 32.7 Å². The molecule has 24 heavy (non-hydrogen) atoms. The highest BCUT2D eigenvalue weighted by Gasteiger charge is 2.27. The summed E-state index contributed by atoms with van der Waals surface area (Å²) in [6.07, 6.45) is 0. The van der Waals surface area contributed by atoms with E-state index in [9.17, 15) is 4.79 Å². The fourth-order valence-corrected chi connectivity index (χ4v) is 2.68. The van der Waals surface area contributed by atoms with Crippen molar-refractivity contribution in [1.82, 2.24) is 19.6 Å². The Morgan fingerprint density at radius 3 is 2.00 bits per heavy atom. The average molecular weight is 336 g/mol. The molecule has 2 amide bonds. The molecule has 0 spiro atoms. The smallest absolute Gasteiger partial charge is 0.320 e. The predicted molar refractivity (Wildman–Crippen MR) is 90.8 cm³/mol. The third-order valence-corrected chi connectivity index (χ3v) is 4.03. The van der Waals surface area contributed by atoms with E-state index in [1.807, 2.05) is 4.90 Å². The van der Waals surface area contributed by atoms with Crippen molar-refractivity contribution < 1.29 is 4.79 Å². The molecule has 1 saturated heterocycles. The molecule has 134 valence electrons. The third-order valence-electron chi connectivity index (χ3n) is 4.03. The van der Waals surface area contributed by atoms with Gasteiger partial charge in [0.25, 0.3) is 0 Å². The van der Waals surface area contributed by atoms with Gasteiger partial charge in [0, 0.05) is 65.4 Å². The zero-order valence-electron chi connectivity index (χ0n) is 14.2. The van der Waals surface area contributed by atoms with Crippen molar-refractivity contribution in [3.05, 3.63) is 0 Å². The molecule has 0 saturated carbocycles. The minimum atomic E-state index is 0.0451. The van der Waals surface area contributed by atoms with Gasteiger partial charge < -0.3 is 21.3 Å². The van der Waals surface area contributed by atoms with E-state index in [2.05, 4.69) is 17.0 Å². The second kappa shape index (κ2) is 11.6. The Bertz CT molecular complexity index is 441. The molecular weight excluding hydrogens is 308 g/mol. The number of carbonyl (C=O) groups is 1. The molecule has 0 aliphatic carbocycles. The Balaban J connectivity index is 2.42. The van der Waals surface area contributed by atoms with E-state index in [1.54, 1.807) is 9.80 Å². The molecule has 1 aliphatic heterocycles. The average Bonchev–Trinajstić information content (AvgIpc) is 2.91. The van der Waals surface area contributed by atoms with Crippen LogP contribution in [0.15, 0.2) is 0 Å². The first-order valence-electron chi connectivity index (χ1n) is 8.28. The minimum Gasteiger partial charge on any atom is -0.329 e. The lowest BCUT2D eigenvalue weighted by Gasteiger charge is -2.27. The van der Waals surface area contributed by atoms with Gasteiger partial charge in [-0.15, -0.1) is 0 Å². The topological polar surface area (TPSA) is 130 Å². The van der Waals surface area contributed by atoms with Crippen molar-refractivity contribution in [2.75, 3.05) is 78.5 Å². The van der Waals surface area contributed by atoms with E-state index in [-0.39, 0.29) is 19.1 Å². The van der Waals surface area contributed by atoms with Crippen molar-refractivity contribution in [2.24, 2.45) is 11.5 Å². The Kier molecular flexibility index (Phi) is 9.73. The van der Waals surface area contributed by atoms with Crippen LogP contribution in [0.2, 0.25) is 0 Å². The number of carbonyl (C=O) groups excluding carboxylic acids is 1. The maximum absolute atomic E-state index is 12.2. The third kappa shape index (κ3) is 6.69. The van der Waals surface area contributed by atoms with Gasteiger partial charge in [-0.3, -0.25) is 9.80 Å². The fourth-order valence-electron chi connectivity index (χ4n) is 2.68. The minimum absolute atomic E-state index is 0.0451. The maximum Gasteiger partial charge on any atom is 0.320 e. The number of rotatable bonds is 12. The summed E-state index contributed by atoms with van der Waals surface area (Å²) in [6, 6.07) is 4.19. The molecule has 0 radical (unpaired) electrons. The fraction of sp³-hybridized carbons (Fsp3) is 0.800. The number of hydrogen-bond donors (Lipinski definition) is 2. The highest BCUT2D eigenvalue weighted by molar-refractivity contribution is 5.76. The molecule has 0 atom stereocenters. The number of nitriles is 2. The van der Waals surface area contributed by atoms with E-state index in [1.165, 1.54) is 0 Å². The van der Waals surface area contributed by atoms with Crippen molar-refractivity contribution in [1.29, 1.82) is 10.5 Å². The van der Waals surface area contributed by atoms with Crippen LogP contribution in [0.25, 0.3) is 0 Å². The Labute approximate surface area is 144 Å². The first kappa shape index (κ1) is 20.1. The van der Waals surface area contributed by atoms with Crippen molar-refractivity contribution in [3.8, 4) is 12.1 Å². The van der Waals surface area contributed by atoms with Gasteiger partial charge in [0.05, 0.1) is 25.2 Å². The van der Waals surface area contributed by atoms with Crippen molar-refractivity contribution in [2.45, 2.75) is 0 Å². The predicted octanol–water partition coefficient (Wildman–Crippen LogP) is -1.71. The summed E-state index contributed by atoms with van der Waals surface area (Å²) in [6.45, 7) is 6.99. The van der Waals surface area contributed by atoms with Gasteiger partial charge in [-0.05, 0) is 0 Å². The van der Waals surface area contributed by atoms with Gasteiger partial charge in [0.2, 0.25) is 0 Å². The lowest BCUT2D eigenvalue weighted by molar-refractivity contribution is 0.178. The number of amides is 2. The van der Waals surface area contributed by atoms with E-state index < -0.39 is 0 Å².